The first kappa shape index (κ1) is 47.2. The fourth-order valence-corrected chi connectivity index (χ4v) is 12.1. The maximum absolute atomic E-state index is 14.8. The van der Waals surface area contributed by atoms with Crippen molar-refractivity contribution in [3.05, 3.63) is 237 Å². The molecule has 1 fully saturated rings. The smallest absolute Gasteiger partial charge is 0.356 e. The molecule has 1 saturated heterocycles. The molecule has 5 heterocycles. The van der Waals surface area contributed by atoms with E-state index in [0.717, 1.165) is 32.9 Å². The van der Waals surface area contributed by atoms with Gasteiger partial charge in [0.2, 0.25) is 0 Å². The van der Waals surface area contributed by atoms with Crippen molar-refractivity contribution in [2.45, 2.75) is 23.1 Å². The molecule has 3 aromatic heterocycles. The number of oxime groups is 1. The molecular formula is C54H42N8O7S3. The van der Waals surface area contributed by atoms with Gasteiger partial charge in [0.25, 0.3) is 17.7 Å². The molecular weight excluding hydrogens is 969 g/mol. The van der Waals surface area contributed by atoms with Crippen LogP contribution in [0.25, 0.3) is 5.57 Å². The highest BCUT2D eigenvalue weighted by Crippen LogP contribution is 2.43. The van der Waals surface area contributed by atoms with Gasteiger partial charge >= 0.3 is 5.97 Å². The van der Waals surface area contributed by atoms with Gasteiger partial charge in [0.1, 0.15) is 41.1 Å². The number of pyridine rings is 1. The van der Waals surface area contributed by atoms with Gasteiger partial charge in [-0.2, -0.15) is 0 Å². The lowest BCUT2D eigenvalue weighted by atomic mass is 9.77. The van der Waals surface area contributed by atoms with Gasteiger partial charge in [-0.3, -0.25) is 33.8 Å². The number of hydrogen-bond acceptors (Lipinski definition) is 14. The summed E-state index contributed by atoms with van der Waals surface area (Å²) in [7, 11) is -0.606. The van der Waals surface area contributed by atoms with Crippen molar-refractivity contribution in [1.29, 1.82) is 0 Å². The van der Waals surface area contributed by atoms with E-state index in [4.69, 9.17) is 14.6 Å². The SMILES string of the molecule is CON=C(C(=O)NC1C(=O)N2C(C(=O)OC(c3ccccc3)c3ccccc3)=C(c3cnc(NC(=O)c4ccccn4)s3)CS(=O)C12)c1csc(NC(c2ccccc2)(c2ccccc2)c2ccccc2)n1. The summed E-state index contributed by atoms with van der Waals surface area (Å²) in [5.74, 6) is -3.16. The van der Waals surface area contributed by atoms with Crippen LogP contribution in [0.1, 0.15) is 55.0 Å². The molecule has 0 bridgehead atoms. The first-order valence-electron chi connectivity index (χ1n) is 22.5. The molecule has 15 nitrogen and oxygen atoms in total. The molecule has 2 aliphatic heterocycles. The largest absolute Gasteiger partial charge is 0.448 e. The fraction of sp³-hybridized carbons (Fsp3) is 0.111. The highest BCUT2D eigenvalue weighted by atomic mass is 32.2. The van der Waals surface area contributed by atoms with Crippen molar-refractivity contribution in [3.63, 3.8) is 0 Å². The predicted molar refractivity (Wildman–Crippen MR) is 276 cm³/mol. The van der Waals surface area contributed by atoms with Gasteiger partial charge in [-0.1, -0.05) is 174 Å². The van der Waals surface area contributed by atoms with E-state index in [1.165, 1.54) is 30.8 Å². The number of aromatic nitrogens is 3. The number of β-lactam (4-membered cyclic amide) rings is 1. The molecule has 8 aromatic rings. The van der Waals surface area contributed by atoms with Gasteiger partial charge in [-0.15, -0.1) is 11.3 Å². The zero-order chi connectivity index (χ0) is 49.6. The highest BCUT2D eigenvalue weighted by molar-refractivity contribution is 7.86. The number of hydrogen-bond donors (Lipinski definition) is 3. The number of carbonyl (C=O) groups is 4. The molecule has 3 amide bonds. The monoisotopic (exact) mass is 1010 g/mol. The van der Waals surface area contributed by atoms with Gasteiger partial charge in [0, 0.05) is 23.3 Å². The molecule has 5 aromatic carbocycles. The van der Waals surface area contributed by atoms with Gasteiger partial charge < -0.3 is 20.2 Å². The minimum absolute atomic E-state index is 0.147. The predicted octanol–water partition coefficient (Wildman–Crippen LogP) is 8.16. The number of esters is 1. The Bertz CT molecular complexity index is 3210. The molecule has 72 heavy (non-hydrogen) atoms. The standard InChI is InChI=1S/C54H42N8O7S3/c1-68-61-43(41-32-70-53(57-41)60-54(36-23-11-4-12-24-36,37-25-13-5-14-26-37)38-27-15-6-16-28-38)48(64)58-44-49(65)62-45(51(66)69-46(34-19-7-2-8-20-34)35-21-9-3-10-22-35)39(33-72(67)50(44)62)42-31-56-52(71-42)59-47(63)40-29-17-18-30-55-40/h2-32,44,46,50H,33H2,1H3,(H,57,60)(H,58,64)(H,56,59,63). The third-order valence-electron chi connectivity index (χ3n) is 12.0. The number of carbonyl (C=O) groups excluding carboxylic acids is 4. The van der Waals surface area contributed by atoms with Crippen molar-refractivity contribution >= 4 is 78.7 Å². The molecule has 358 valence electrons. The van der Waals surface area contributed by atoms with Crippen LogP contribution in [0, 0.1) is 0 Å². The molecule has 3 unspecified atom stereocenters. The molecule has 3 atom stereocenters. The summed E-state index contributed by atoms with van der Waals surface area (Å²) in [6, 6.07) is 51.7. The maximum atomic E-state index is 14.8. The first-order chi connectivity index (χ1) is 35.2. The Morgan fingerprint density at radius 2 is 1.32 bits per heavy atom. The van der Waals surface area contributed by atoms with Crippen LogP contribution >= 0.6 is 22.7 Å². The summed E-state index contributed by atoms with van der Waals surface area (Å²) >= 11 is 2.27. The number of thiazole rings is 2. The molecule has 0 aliphatic carbocycles. The van der Waals surface area contributed by atoms with Crippen LogP contribution in [0.2, 0.25) is 0 Å². The van der Waals surface area contributed by atoms with Crippen LogP contribution in [-0.4, -0.2) is 77.7 Å². The van der Waals surface area contributed by atoms with Crippen LogP contribution < -0.4 is 16.0 Å². The lowest BCUT2D eigenvalue weighted by molar-refractivity contribution is -0.154. The molecule has 3 N–H and O–H groups in total. The van der Waals surface area contributed by atoms with Crippen LogP contribution in [0.3, 0.4) is 0 Å². The molecule has 0 spiro atoms. The lowest BCUT2D eigenvalue weighted by Crippen LogP contribution is -2.74. The Balaban J connectivity index is 0.954. The molecule has 0 saturated carbocycles. The van der Waals surface area contributed by atoms with E-state index in [2.05, 4.69) is 31.1 Å². The number of benzene rings is 5. The van der Waals surface area contributed by atoms with Crippen LogP contribution in [0.5, 0.6) is 0 Å². The average molecular weight is 1010 g/mol. The quantitative estimate of drug-likeness (QED) is 0.0278. The summed E-state index contributed by atoms with van der Waals surface area (Å²) in [6.45, 7) is 0. The number of anilines is 2. The van der Waals surface area contributed by atoms with Crippen molar-refractivity contribution in [2.75, 3.05) is 23.5 Å². The number of nitrogens with zero attached hydrogens (tertiary/aromatic N) is 5. The molecule has 18 heteroatoms. The maximum Gasteiger partial charge on any atom is 0.356 e. The van der Waals surface area contributed by atoms with Gasteiger partial charge in [-0.05, 0) is 39.9 Å². The minimum Gasteiger partial charge on any atom is -0.448 e. The van der Waals surface area contributed by atoms with Crippen LogP contribution in [0.15, 0.2) is 198 Å². The van der Waals surface area contributed by atoms with Crippen molar-refractivity contribution in [2.24, 2.45) is 5.16 Å². The average Bonchev–Trinajstić information content (AvgIpc) is 4.11. The Labute approximate surface area is 423 Å². The second kappa shape index (κ2) is 20.9. The normalized spacial score (nSPS) is 16.6. The number of fused-ring (bicyclic) bond motifs is 1. The topological polar surface area (TPSA) is 194 Å². The Hall–Kier alpha value is -8.45. The van der Waals surface area contributed by atoms with E-state index in [0.29, 0.717) is 21.1 Å². The van der Waals surface area contributed by atoms with Gasteiger partial charge in [0.15, 0.2) is 22.1 Å². The zero-order valence-corrected chi connectivity index (χ0v) is 40.6. The van der Waals surface area contributed by atoms with E-state index in [1.54, 1.807) is 23.6 Å². The van der Waals surface area contributed by atoms with E-state index >= 15 is 0 Å². The van der Waals surface area contributed by atoms with Crippen LogP contribution in [-0.2, 0) is 40.3 Å². The van der Waals surface area contributed by atoms with E-state index in [-0.39, 0.29) is 39.3 Å². The minimum atomic E-state index is -1.89. The van der Waals surface area contributed by atoms with E-state index in [9.17, 15) is 23.4 Å². The summed E-state index contributed by atoms with van der Waals surface area (Å²) in [4.78, 5) is 76.8. The number of ether oxygens (including phenoxy) is 1. The van der Waals surface area contributed by atoms with Crippen molar-refractivity contribution < 1.29 is 33.0 Å². The number of amides is 3. The fourth-order valence-electron chi connectivity index (χ4n) is 8.72. The Morgan fingerprint density at radius 3 is 1.88 bits per heavy atom. The highest BCUT2D eigenvalue weighted by Gasteiger charge is 2.58. The second-order valence-corrected chi connectivity index (χ2v) is 19.8. The third kappa shape index (κ3) is 9.33. The third-order valence-corrected chi connectivity index (χ3v) is 15.3. The van der Waals surface area contributed by atoms with Gasteiger partial charge in [0.05, 0.1) is 21.4 Å². The molecule has 2 aliphatic rings. The zero-order valence-electron chi connectivity index (χ0n) is 38.2. The summed E-state index contributed by atoms with van der Waals surface area (Å²) in [5, 5.41) is 14.3. The van der Waals surface area contributed by atoms with Crippen molar-refractivity contribution in [1.82, 2.24) is 25.2 Å². The van der Waals surface area contributed by atoms with Gasteiger partial charge in [-0.25, -0.2) is 14.8 Å². The molecule has 0 radical (unpaired) electrons. The summed E-state index contributed by atoms with van der Waals surface area (Å²) in [5.41, 5.74) is 3.35. The van der Waals surface area contributed by atoms with Crippen LogP contribution in [0.4, 0.5) is 10.3 Å². The summed E-state index contributed by atoms with van der Waals surface area (Å²) < 4.78 is 20.8. The van der Waals surface area contributed by atoms with E-state index in [1.807, 2.05) is 152 Å². The van der Waals surface area contributed by atoms with Crippen molar-refractivity contribution in [3.8, 4) is 0 Å². The Kier molecular flexibility index (Phi) is 13.7. The Morgan fingerprint density at radius 1 is 0.750 bits per heavy atom. The second-order valence-electron chi connectivity index (χ2n) is 16.3. The first-order valence-corrected chi connectivity index (χ1v) is 25.6. The number of rotatable bonds is 16. The number of nitrogens with one attached hydrogen (secondary N) is 3. The van der Waals surface area contributed by atoms with E-state index < -0.39 is 57.5 Å². The lowest BCUT2D eigenvalue weighted by Gasteiger charge is -2.49. The molecule has 10 rings (SSSR count). The summed E-state index contributed by atoms with van der Waals surface area (Å²) in [6.07, 6.45) is 2.02.